The van der Waals surface area contributed by atoms with E-state index in [4.69, 9.17) is 4.74 Å². The molecule has 0 aromatic carbocycles. The second kappa shape index (κ2) is 3.58. The summed E-state index contributed by atoms with van der Waals surface area (Å²) in [6.45, 7) is 5.45. The molecule has 2 nitrogen and oxygen atoms in total. The zero-order valence-electron chi connectivity index (χ0n) is 8.81. The fourth-order valence-corrected chi connectivity index (χ4v) is 2.13. The Morgan fingerprint density at radius 2 is 2.08 bits per heavy atom. The third kappa shape index (κ3) is 2.44. The van der Waals surface area contributed by atoms with Crippen LogP contribution < -0.4 is 5.32 Å². The number of nitrogens with one attached hydrogen (secondary N) is 1. The van der Waals surface area contributed by atoms with Crippen molar-refractivity contribution in [2.45, 2.75) is 63.7 Å². The van der Waals surface area contributed by atoms with Crippen molar-refractivity contribution in [2.75, 3.05) is 6.54 Å². The lowest BCUT2D eigenvalue weighted by Gasteiger charge is -2.28. The third-order valence-corrected chi connectivity index (χ3v) is 3.29. The van der Waals surface area contributed by atoms with Crippen LogP contribution in [-0.2, 0) is 4.74 Å². The topological polar surface area (TPSA) is 21.3 Å². The van der Waals surface area contributed by atoms with E-state index in [0.29, 0.717) is 6.10 Å². The van der Waals surface area contributed by atoms with Crippen molar-refractivity contribution in [1.29, 1.82) is 0 Å². The van der Waals surface area contributed by atoms with Gasteiger partial charge in [0.05, 0.1) is 11.7 Å². The van der Waals surface area contributed by atoms with Gasteiger partial charge in [-0.25, -0.2) is 0 Å². The summed E-state index contributed by atoms with van der Waals surface area (Å²) in [7, 11) is 0. The van der Waals surface area contributed by atoms with Gasteiger partial charge in [-0.15, -0.1) is 0 Å². The Labute approximate surface area is 81.0 Å². The standard InChI is InChI=1S/C11H21NO/c1-11(2)7-6-10(13-11)8-12-9-4-3-5-9/h9-10,12H,3-8H2,1-2H3. The molecule has 2 heteroatoms. The van der Waals surface area contributed by atoms with E-state index in [1.54, 1.807) is 0 Å². The Hall–Kier alpha value is -0.0800. The fourth-order valence-electron chi connectivity index (χ4n) is 2.13. The first-order chi connectivity index (χ1) is 6.16. The highest BCUT2D eigenvalue weighted by Crippen LogP contribution is 2.29. The number of rotatable bonds is 3. The van der Waals surface area contributed by atoms with Crippen LogP contribution in [0, 0.1) is 0 Å². The molecule has 2 fully saturated rings. The molecule has 0 spiro atoms. The van der Waals surface area contributed by atoms with E-state index in [9.17, 15) is 0 Å². The zero-order chi connectivity index (χ0) is 9.31. The van der Waals surface area contributed by atoms with E-state index >= 15 is 0 Å². The van der Waals surface area contributed by atoms with E-state index in [-0.39, 0.29) is 5.60 Å². The first kappa shape index (κ1) is 9.47. The molecule has 1 aliphatic heterocycles. The van der Waals surface area contributed by atoms with E-state index in [2.05, 4.69) is 19.2 Å². The molecule has 0 aromatic heterocycles. The normalized spacial score (nSPS) is 33.2. The lowest BCUT2D eigenvalue weighted by molar-refractivity contribution is -0.0160. The van der Waals surface area contributed by atoms with Crippen molar-refractivity contribution in [3.8, 4) is 0 Å². The highest BCUT2D eigenvalue weighted by molar-refractivity contribution is 4.84. The van der Waals surface area contributed by atoms with Gasteiger partial charge in [0.2, 0.25) is 0 Å². The highest BCUT2D eigenvalue weighted by atomic mass is 16.5. The molecule has 1 heterocycles. The summed E-state index contributed by atoms with van der Waals surface area (Å²) in [5.41, 5.74) is 0.131. The van der Waals surface area contributed by atoms with Crippen LogP contribution in [0.15, 0.2) is 0 Å². The van der Waals surface area contributed by atoms with Gasteiger partial charge < -0.3 is 10.1 Å². The molecule has 1 unspecified atom stereocenters. The summed E-state index contributed by atoms with van der Waals surface area (Å²) >= 11 is 0. The minimum atomic E-state index is 0.131. The van der Waals surface area contributed by atoms with Crippen LogP contribution in [0.3, 0.4) is 0 Å². The maximum Gasteiger partial charge on any atom is 0.0707 e. The molecule has 76 valence electrons. The van der Waals surface area contributed by atoms with Gasteiger partial charge in [0.1, 0.15) is 0 Å². The minimum absolute atomic E-state index is 0.131. The lowest BCUT2D eigenvalue weighted by atomic mass is 9.93. The first-order valence-electron chi connectivity index (χ1n) is 5.57. The smallest absolute Gasteiger partial charge is 0.0707 e. The van der Waals surface area contributed by atoms with Crippen molar-refractivity contribution in [2.24, 2.45) is 0 Å². The van der Waals surface area contributed by atoms with Crippen LogP contribution in [0.1, 0.15) is 46.0 Å². The second-order valence-electron chi connectivity index (χ2n) is 5.07. The molecular formula is C11H21NO. The van der Waals surface area contributed by atoms with Crippen molar-refractivity contribution in [1.82, 2.24) is 5.32 Å². The number of hydrogen-bond donors (Lipinski definition) is 1. The Morgan fingerprint density at radius 1 is 1.31 bits per heavy atom. The Morgan fingerprint density at radius 3 is 2.54 bits per heavy atom. The van der Waals surface area contributed by atoms with E-state index in [1.165, 1.54) is 32.1 Å². The second-order valence-corrected chi connectivity index (χ2v) is 5.07. The third-order valence-electron chi connectivity index (χ3n) is 3.29. The van der Waals surface area contributed by atoms with Gasteiger partial charge in [-0.1, -0.05) is 6.42 Å². The summed E-state index contributed by atoms with van der Waals surface area (Å²) in [5.74, 6) is 0. The molecular weight excluding hydrogens is 162 g/mol. The Kier molecular flexibility index (Phi) is 2.61. The average Bonchev–Trinajstić information content (AvgIpc) is 2.27. The van der Waals surface area contributed by atoms with Crippen molar-refractivity contribution in [3.05, 3.63) is 0 Å². The molecule has 1 saturated heterocycles. The van der Waals surface area contributed by atoms with Gasteiger partial charge in [-0.05, 0) is 39.5 Å². The van der Waals surface area contributed by atoms with Crippen LogP contribution in [0.2, 0.25) is 0 Å². The fraction of sp³-hybridized carbons (Fsp3) is 1.00. The Bertz CT molecular complexity index is 175. The molecule has 2 rings (SSSR count). The maximum atomic E-state index is 5.91. The highest BCUT2D eigenvalue weighted by Gasteiger charge is 2.31. The van der Waals surface area contributed by atoms with Crippen LogP contribution in [0.5, 0.6) is 0 Å². The van der Waals surface area contributed by atoms with Gasteiger partial charge >= 0.3 is 0 Å². The molecule has 1 aliphatic carbocycles. The monoisotopic (exact) mass is 183 g/mol. The molecule has 0 aromatic rings. The van der Waals surface area contributed by atoms with Gasteiger partial charge in [0.15, 0.2) is 0 Å². The van der Waals surface area contributed by atoms with Gasteiger partial charge in [-0.3, -0.25) is 0 Å². The molecule has 0 radical (unpaired) electrons. The maximum absolute atomic E-state index is 5.91. The summed E-state index contributed by atoms with van der Waals surface area (Å²) in [6.07, 6.45) is 7.06. The van der Waals surface area contributed by atoms with Crippen LogP contribution >= 0.6 is 0 Å². The molecule has 1 saturated carbocycles. The van der Waals surface area contributed by atoms with E-state index < -0.39 is 0 Å². The predicted molar refractivity (Wildman–Crippen MR) is 53.8 cm³/mol. The van der Waals surface area contributed by atoms with E-state index in [1.807, 2.05) is 0 Å². The van der Waals surface area contributed by atoms with Crippen LogP contribution in [-0.4, -0.2) is 24.3 Å². The lowest BCUT2D eigenvalue weighted by Crippen LogP contribution is -2.40. The van der Waals surface area contributed by atoms with E-state index in [0.717, 1.165) is 12.6 Å². The molecule has 13 heavy (non-hydrogen) atoms. The molecule has 0 bridgehead atoms. The van der Waals surface area contributed by atoms with Gasteiger partial charge in [0.25, 0.3) is 0 Å². The number of ether oxygens (including phenoxy) is 1. The largest absolute Gasteiger partial charge is 0.371 e. The number of hydrogen-bond acceptors (Lipinski definition) is 2. The van der Waals surface area contributed by atoms with Crippen LogP contribution in [0.4, 0.5) is 0 Å². The zero-order valence-corrected chi connectivity index (χ0v) is 8.81. The van der Waals surface area contributed by atoms with Crippen molar-refractivity contribution >= 4 is 0 Å². The van der Waals surface area contributed by atoms with Crippen molar-refractivity contribution in [3.63, 3.8) is 0 Å². The molecule has 0 amide bonds. The Balaban J connectivity index is 1.65. The van der Waals surface area contributed by atoms with Gasteiger partial charge in [-0.2, -0.15) is 0 Å². The SMILES string of the molecule is CC1(C)CCC(CNC2CCC2)O1. The van der Waals surface area contributed by atoms with Crippen LogP contribution in [0.25, 0.3) is 0 Å². The van der Waals surface area contributed by atoms with Gasteiger partial charge in [0, 0.05) is 12.6 Å². The minimum Gasteiger partial charge on any atom is -0.371 e. The first-order valence-corrected chi connectivity index (χ1v) is 5.57. The summed E-state index contributed by atoms with van der Waals surface area (Å²) in [4.78, 5) is 0. The molecule has 1 atom stereocenters. The summed E-state index contributed by atoms with van der Waals surface area (Å²) < 4.78 is 5.91. The quantitative estimate of drug-likeness (QED) is 0.723. The molecule has 1 N–H and O–H groups in total. The summed E-state index contributed by atoms with van der Waals surface area (Å²) in [5, 5.41) is 3.57. The van der Waals surface area contributed by atoms with Crippen molar-refractivity contribution < 1.29 is 4.74 Å². The predicted octanol–water partition coefficient (Wildman–Crippen LogP) is 2.09. The molecule has 2 aliphatic rings. The summed E-state index contributed by atoms with van der Waals surface area (Å²) in [6, 6.07) is 0.798. The average molecular weight is 183 g/mol.